The van der Waals surface area contributed by atoms with Gasteiger partial charge in [-0.15, -0.1) is 0 Å². The minimum absolute atomic E-state index is 0.0440. The molecule has 2 aromatic rings. The van der Waals surface area contributed by atoms with Gasteiger partial charge in [-0.25, -0.2) is 13.8 Å². The summed E-state index contributed by atoms with van der Waals surface area (Å²) in [6.45, 7) is 0. The summed E-state index contributed by atoms with van der Waals surface area (Å²) in [5.74, 6) is -0.932. The Morgan fingerprint density at radius 1 is 1.12 bits per heavy atom. The van der Waals surface area contributed by atoms with E-state index in [0.717, 1.165) is 0 Å². The van der Waals surface area contributed by atoms with Gasteiger partial charge >= 0.3 is 0 Å². The first kappa shape index (κ1) is 11.9. The van der Waals surface area contributed by atoms with Gasteiger partial charge in [0.25, 0.3) is 0 Å². The van der Waals surface area contributed by atoms with E-state index in [9.17, 15) is 8.78 Å². The Labute approximate surface area is 102 Å². The average Bonchev–Trinajstić information content (AvgIpc) is 2.30. The molecule has 2 rings (SSSR count). The van der Waals surface area contributed by atoms with E-state index >= 15 is 0 Å². The number of thioether (sulfide) groups is 1. The third kappa shape index (κ3) is 2.74. The van der Waals surface area contributed by atoms with Crippen LogP contribution in [0.25, 0.3) is 0 Å². The molecule has 0 aliphatic rings. The molecule has 0 atom stereocenters. The minimum Gasteiger partial charge on any atom is -0.397 e. The van der Waals surface area contributed by atoms with Crippen molar-refractivity contribution in [3.05, 3.63) is 53.7 Å². The maximum absolute atomic E-state index is 13.3. The van der Waals surface area contributed by atoms with Crippen molar-refractivity contribution in [2.45, 2.75) is 10.8 Å². The molecular weight excluding hydrogens is 242 g/mol. The normalized spacial score (nSPS) is 10.5. The standard InChI is InChI=1S/C12H10F2N2S/c13-9-3-1-4-10(14)8(9)7-17-12-11(15)5-2-6-16-12/h1-6H,7,15H2. The zero-order chi connectivity index (χ0) is 12.3. The second-order valence-electron chi connectivity index (χ2n) is 3.39. The predicted octanol–water partition coefficient (Wildman–Crippen LogP) is 3.23. The van der Waals surface area contributed by atoms with Crippen LogP contribution in [0.2, 0.25) is 0 Å². The van der Waals surface area contributed by atoms with E-state index in [4.69, 9.17) is 5.73 Å². The number of nitrogen functional groups attached to an aromatic ring is 1. The van der Waals surface area contributed by atoms with Crippen LogP contribution < -0.4 is 5.73 Å². The fraction of sp³-hybridized carbons (Fsp3) is 0.0833. The highest BCUT2D eigenvalue weighted by molar-refractivity contribution is 7.98. The first-order chi connectivity index (χ1) is 8.18. The summed E-state index contributed by atoms with van der Waals surface area (Å²) < 4.78 is 26.7. The molecule has 5 heteroatoms. The molecule has 1 heterocycles. The molecular formula is C12H10F2N2S. The van der Waals surface area contributed by atoms with Gasteiger partial charge in [-0.3, -0.25) is 0 Å². The fourth-order valence-corrected chi connectivity index (χ4v) is 2.26. The monoisotopic (exact) mass is 252 g/mol. The van der Waals surface area contributed by atoms with Crippen LogP contribution in [0, 0.1) is 11.6 Å². The summed E-state index contributed by atoms with van der Waals surface area (Å²) >= 11 is 1.21. The molecule has 2 N–H and O–H groups in total. The largest absolute Gasteiger partial charge is 0.397 e. The van der Waals surface area contributed by atoms with Crippen LogP contribution in [0.3, 0.4) is 0 Å². The van der Waals surface area contributed by atoms with Crippen molar-refractivity contribution in [2.75, 3.05) is 5.73 Å². The van der Waals surface area contributed by atoms with E-state index in [0.29, 0.717) is 10.7 Å². The lowest BCUT2D eigenvalue weighted by Gasteiger charge is -2.05. The van der Waals surface area contributed by atoms with Crippen LogP contribution >= 0.6 is 11.8 Å². The molecule has 0 radical (unpaired) electrons. The van der Waals surface area contributed by atoms with E-state index < -0.39 is 11.6 Å². The second-order valence-corrected chi connectivity index (χ2v) is 4.35. The molecule has 0 saturated heterocycles. The molecule has 0 spiro atoms. The number of hydrogen-bond acceptors (Lipinski definition) is 3. The molecule has 1 aromatic carbocycles. The average molecular weight is 252 g/mol. The smallest absolute Gasteiger partial charge is 0.130 e. The number of hydrogen-bond donors (Lipinski definition) is 1. The fourth-order valence-electron chi connectivity index (χ4n) is 1.33. The summed E-state index contributed by atoms with van der Waals surface area (Å²) in [5, 5.41) is 0.579. The lowest BCUT2D eigenvalue weighted by atomic mass is 10.2. The maximum Gasteiger partial charge on any atom is 0.130 e. The van der Waals surface area contributed by atoms with Gasteiger partial charge in [0.05, 0.1) is 5.69 Å². The van der Waals surface area contributed by atoms with E-state index in [1.165, 1.54) is 30.0 Å². The van der Waals surface area contributed by atoms with E-state index in [2.05, 4.69) is 4.98 Å². The van der Waals surface area contributed by atoms with Crippen molar-refractivity contribution in [1.29, 1.82) is 0 Å². The van der Waals surface area contributed by atoms with Crippen LogP contribution in [0.1, 0.15) is 5.56 Å². The summed E-state index contributed by atoms with van der Waals surface area (Å²) in [6, 6.07) is 7.23. The molecule has 0 fully saturated rings. The van der Waals surface area contributed by atoms with Crippen LogP contribution in [0.5, 0.6) is 0 Å². The highest BCUT2D eigenvalue weighted by Crippen LogP contribution is 2.27. The van der Waals surface area contributed by atoms with Crippen molar-refractivity contribution in [3.8, 4) is 0 Å². The molecule has 1 aromatic heterocycles. The number of aromatic nitrogens is 1. The number of nitrogens with zero attached hydrogens (tertiary/aromatic N) is 1. The molecule has 0 bridgehead atoms. The van der Waals surface area contributed by atoms with Crippen LogP contribution in [0.15, 0.2) is 41.6 Å². The third-order valence-electron chi connectivity index (χ3n) is 2.22. The van der Waals surface area contributed by atoms with Gasteiger partial charge in [0.15, 0.2) is 0 Å². The van der Waals surface area contributed by atoms with Crippen LogP contribution in [-0.2, 0) is 5.75 Å². The summed E-state index contributed by atoms with van der Waals surface area (Å²) in [6.07, 6.45) is 1.59. The molecule has 0 unspecified atom stereocenters. The second kappa shape index (κ2) is 5.14. The Morgan fingerprint density at radius 3 is 2.47 bits per heavy atom. The Balaban J connectivity index is 2.16. The molecule has 0 amide bonds. The third-order valence-corrected chi connectivity index (χ3v) is 3.26. The van der Waals surface area contributed by atoms with Gasteiger partial charge in [-0.05, 0) is 24.3 Å². The SMILES string of the molecule is Nc1cccnc1SCc1c(F)cccc1F. The number of halogens is 2. The highest BCUT2D eigenvalue weighted by atomic mass is 32.2. The molecule has 0 aliphatic heterocycles. The zero-order valence-corrected chi connectivity index (χ0v) is 9.68. The van der Waals surface area contributed by atoms with Gasteiger partial charge in [0.1, 0.15) is 16.7 Å². The van der Waals surface area contributed by atoms with Crippen molar-refractivity contribution >= 4 is 17.4 Å². The quantitative estimate of drug-likeness (QED) is 0.852. The van der Waals surface area contributed by atoms with Gasteiger partial charge in [-0.2, -0.15) is 0 Å². The van der Waals surface area contributed by atoms with Crippen LogP contribution in [-0.4, -0.2) is 4.98 Å². The highest BCUT2D eigenvalue weighted by Gasteiger charge is 2.10. The molecule has 0 aliphatic carbocycles. The van der Waals surface area contributed by atoms with Gasteiger partial charge in [0.2, 0.25) is 0 Å². The number of rotatable bonds is 3. The lowest BCUT2D eigenvalue weighted by molar-refractivity contribution is 0.566. The summed E-state index contributed by atoms with van der Waals surface area (Å²) in [4.78, 5) is 4.05. The lowest BCUT2D eigenvalue weighted by Crippen LogP contribution is -1.95. The topological polar surface area (TPSA) is 38.9 Å². The Kier molecular flexibility index (Phi) is 3.58. The molecule has 17 heavy (non-hydrogen) atoms. The number of nitrogens with two attached hydrogens (primary N) is 1. The number of pyridine rings is 1. The van der Waals surface area contributed by atoms with Crippen molar-refractivity contribution in [2.24, 2.45) is 0 Å². The van der Waals surface area contributed by atoms with Crippen molar-refractivity contribution in [3.63, 3.8) is 0 Å². The molecule has 2 nitrogen and oxygen atoms in total. The van der Waals surface area contributed by atoms with E-state index in [-0.39, 0.29) is 11.3 Å². The Hall–Kier alpha value is -1.62. The van der Waals surface area contributed by atoms with Crippen molar-refractivity contribution in [1.82, 2.24) is 4.98 Å². The molecule has 88 valence electrons. The first-order valence-corrected chi connectivity index (χ1v) is 5.93. The van der Waals surface area contributed by atoms with E-state index in [1.807, 2.05) is 0 Å². The van der Waals surface area contributed by atoms with Crippen LogP contribution in [0.4, 0.5) is 14.5 Å². The summed E-state index contributed by atoms with van der Waals surface area (Å²) in [7, 11) is 0. The zero-order valence-electron chi connectivity index (χ0n) is 8.86. The molecule has 0 saturated carbocycles. The van der Waals surface area contributed by atoms with Gasteiger partial charge in [0, 0.05) is 17.5 Å². The summed E-state index contributed by atoms with van der Waals surface area (Å²) in [5.41, 5.74) is 6.24. The number of benzene rings is 1. The van der Waals surface area contributed by atoms with Crippen molar-refractivity contribution < 1.29 is 8.78 Å². The Bertz CT molecular complexity index is 511. The van der Waals surface area contributed by atoms with Gasteiger partial charge < -0.3 is 5.73 Å². The minimum atomic E-state index is -0.549. The van der Waals surface area contributed by atoms with E-state index in [1.54, 1.807) is 18.3 Å². The maximum atomic E-state index is 13.3. The van der Waals surface area contributed by atoms with Gasteiger partial charge in [-0.1, -0.05) is 17.8 Å². The number of anilines is 1. The predicted molar refractivity (Wildman–Crippen MR) is 64.6 cm³/mol. The Morgan fingerprint density at radius 2 is 1.82 bits per heavy atom. The first-order valence-electron chi connectivity index (χ1n) is 4.94.